The van der Waals surface area contributed by atoms with Crippen molar-refractivity contribution in [1.82, 2.24) is 14.8 Å². The van der Waals surface area contributed by atoms with Crippen molar-refractivity contribution in [2.24, 2.45) is 11.7 Å². The molecule has 1 aromatic rings. The summed E-state index contributed by atoms with van der Waals surface area (Å²) in [6.07, 6.45) is 1.04. The van der Waals surface area contributed by atoms with Crippen molar-refractivity contribution in [2.45, 2.75) is 51.7 Å². The van der Waals surface area contributed by atoms with Crippen molar-refractivity contribution in [3.05, 3.63) is 17.5 Å². The Kier molecular flexibility index (Phi) is 6.79. The molecule has 2 heterocycles. The summed E-state index contributed by atoms with van der Waals surface area (Å²) >= 11 is 5.56. The number of carbonyl (C=O) groups excluding carboxylic acids is 1. The van der Waals surface area contributed by atoms with Crippen LogP contribution in [-0.4, -0.2) is 44.1 Å². The van der Waals surface area contributed by atoms with Gasteiger partial charge in [-0.2, -0.15) is 0 Å². The van der Waals surface area contributed by atoms with Crippen LogP contribution in [0.4, 0.5) is 0 Å². The Morgan fingerprint density at radius 2 is 2.33 bits per heavy atom. The van der Waals surface area contributed by atoms with Crippen molar-refractivity contribution in [1.29, 1.82) is 0 Å². The fourth-order valence-electron chi connectivity index (χ4n) is 3.15. The normalized spacial score (nSPS) is 21.9. The van der Waals surface area contributed by atoms with Crippen LogP contribution in [0, 0.1) is 12.8 Å². The predicted molar refractivity (Wildman–Crippen MR) is 93.5 cm³/mol. The fraction of sp³-hybridized carbons (Fsp3) is 0.733. The zero-order valence-corrected chi connectivity index (χ0v) is 15.8. The molecule has 3 N–H and O–H groups in total. The Labute approximate surface area is 149 Å². The number of rotatable bonds is 7. The van der Waals surface area contributed by atoms with Gasteiger partial charge in [-0.3, -0.25) is 4.79 Å². The third-order valence-corrected chi connectivity index (χ3v) is 5.58. The number of carbonyl (C=O) groups is 1. The monoisotopic (exact) mass is 376 g/mol. The van der Waals surface area contributed by atoms with Gasteiger partial charge in [-0.25, -0.2) is 8.93 Å². The number of nitrogens with one attached hydrogen (secondary N) is 1. The van der Waals surface area contributed by atoms with Gasteiger partial charge in [-0.1, -0.05) is 19.0 Å². The molecule has 1 aliphatic heterocycles. The van der Waals surface area contributed by atoms with Crippen LogP contribution >= 0.6 is 11.6 Å². The first kappa shape index (κ1) is 19.4. The van der Waals surface area contributed by atoms with Gasteiger partial charge in [0.2, 0.25) is 5.91 Å². The lowest BCUT2D eigenvalue weighted by Gasteiger charge is -2.32. The van der Waals surface area contributed by atoms with Crippen molar-refractivity contribution >= 4 is 28.5 Å². The molecular weight excluding hydrogens is 352 g/mol. The molecule has 7 nitrogen and oxygen atoms in total. The fourth-order valence-corrected chi connectivity index (χ4v) is 3.86. The van der Waals surface area contributed by atoms with Crippen LogP contribution in [-0.2, 0) is 15.8 Å². The summed E-state index contributed by atoms with van der Waals surface area (Å²) in [5.41, 5.74) is 6.86. The molecular formula is C15H25ClN4O3S. The van der Waals surface area contributed by atoms with Crippen LogP contribution in [0.5, 0.6) is 0 Å². The van der Waals surface area contributed by atoms with Gasteiger partial charge in [0.15, 0.2) is 0 Å². The molecule has 1 saturated heterocycles. The summed E-state index contributed by atoms with van der Waals surface area (Å²) in [4.78, 5) is 14.9. The molecule has 0 aromatic carbocycles. The Hall–Kier alpha value is -0.960. The van der Waals surface area contributed by atoms with Gasteiger partial charge in [0.05, 0.1) is 17.9 Å². The second kappa shape index (κ2) is 8.42. The Balaban J connectivity index is 2.17. The molecule has 9 heteroatoms. The first-order valence-electron chi connectivity index (χ1n) is 8.05. The van der Waals surface area contributed by atoms with Gasteiger partial charge < -0.3 is 15.2 Å². The number of aromatic nitrogens is 1. The molecule has 0 aliphatic carbocycles. The molecule has 0 bridgehead atoms. The van der Waals surface area contributed by atoms with E-state index in [1.165, 1.54) is 0 Å². The highest BCUT2D eigenvalue weighted by molar-refractivity contribution is 7.84. The lowest BCUT2D eigenvalue weighted by Crippen LogP contribution is -2.55. The standard InChI is InChI=1S/C15H25ClN4O3S/c1-9(2)13(12-7-10(3)18-23-12)15(21)20-6-4-5-11(20)14(17)19-24(22)8-16/h7,9,11,13-14,19H,4-6,8,17H2,1-3H3. The van der Waals surface area contributed by atoms with Crippen LogP contribution in [0.25, 0.3) is 0 Å². The molecule has 2 rings (SSSR count). The van der Waals surface area contributed by atoms with Gasteiger partial charge in [0.1, 0.15) is 27.9 Å². The zero-order valence-electron chi connectivity index (χ0n) is 14.2. The van der Waals surface area contributed by atoms with Gasteiger partial charge in [0.25, 0.3) is 0 Å². The highest BCUT2D eigenvalue weighted by Gasteiger charge is 2.39. The lowest BCUT2D eigenvalue weighted by molar-refractivity contribution is -0.135. The topological polar surface area (TPSA) is 101 Å². The van der Waals surface area contributed by atoms with E-state index in [4.69, 9.17) is 21.9 Å². The SMILES string of the molecule is Cc1cc(C(C(=O)N2CCCC2C(N)NS(=O)CCl)C(C)C)on1. The molecule has 136 valence electrons. The molecule has 0 radical (unpaired) electrons. The second-order valence-corrected chi connectivity index (χ2v) is 8.23. The minimum atomic E-state index is -1.41. The average Bonchev–Trinajstić information content (AvgIpc) is 3.15. The maximum atomic E-state index is 13.1. The van der Waals surface area contributed by atoms with E-state index in [0.29, 0.717) is 12.3 Å². The number of nitrogens with two attached hydrogens (primary N) is 1. The minimum Gasteiger partial charge on any atom is -0.360 e. The number of aryl methyl sites for hydroxylation is 1. The van der Waals surface area contributed by atoms with E-state index in [9.17, 15) is 9.00 Å². The first-order valence-corrected chi connectivity index (χ1v) is 9.90. The van der Waals surface area contributed by atoms with Crippen LogP contribution in [0.1, 0.15) is 44.1 Å². The van der Waals surface area contributed by atoms with Crippen molar-refractivity contribution < 1.29 is 13.5 Å². The molecule has 0 saturated carbocycles. The van der Waals surface area contributed by atoms with Crippen molar-refractivity contribution in [3.8, 4) is 0 Å². The largest absolute Gasteiger partial charge is 0.360 e. The summed E-state index contributed by atoms with van der Waals surface area (Å²) < 4.78 is 19.7. The number of halogens is 1. The van der Waals surface area contributed by atoms with Crippen LogP contribution in [0.15, 0.2) is 10.6 Å². The van der Waals surface area contributed by atoms with Crippen molar-refractivity contribution in [3.63, 3.8) is 0 Å². The number of hydrogen-bond acceptors (Lipinski definition) is 5. The van der Waals surface area contributed by atoms with Crippen LogP contribution in [0.2, 0.25) is 0 Å². The summed E-state index contributed by atoms with van der Waals surface area (Å²) in [5, 5.41) is 3.85. The summed E-state index contributed by atoms with van der Waals surface area (Å²) in [6.45, 7) is 6.41. The molecule has 4 unspecified atom stereocenters. The first-order chi connectivity index (χ1) is 11.3. The summed E-state index contributed by atoms with van der Waals surface area (Å²) in [6, 6.07) is 1.59. The second-order valence-electron chi connectivity index (χ2n) is 6.43. The number of amides is 1. The molecule has 1 aromatic heterocycles. The van der Waals surface area contributed by atoms with Crippen LogP contribution < -0.4 is 10.5 Å². The number of nitrogens with zero attached hydrogens (tertiary/aromatic N) is 2. The highest BCUT2D eigenvalue weighted by Crippen LogP contribution is 2.31. The maximum Gasteiger partial charge on any atom is 0.234 e. The molecule has 0 spiro atoms. The van der Waals surface area contributed by atoms with Crippen molar-refractivity contribution in [2.75, 3.05) is 11.8 Å². The number of alkyl halides is 1. The van der Waals surface area contributed by atoms with E-state index in [-0.39, 0.29) is 23.1 Å². The Morgan fingerprint density at radius 3 is 2.88 bits per heavy atom. The van der Waals surface area contributed by atoms with Gasteiger partial charge in [0, 0.05) is 12.6 Å². The van der Waals surface area contributed by atoms with Gasteiger partial charge in [-0.15, -0.1) is 11.6 Å². The maximum absolute atomic E-state index is 13.1. The number of hydrogen-bond donors (Lipinski definition) is 2. The quantitative estimate of drug-likeness (QED) is 0.554. The smallest absolute Gasteiger partial charge is 0.234 e. The molecule has 1 amide bonds. The summed E-state index contributed by atoms with van der Waals surface area (Å²) in [7, 11) is -1.41. The average molecular weight is 377 g/mol. The van der Waals surface area contributed by atoms with E-state index in [1.54, 1.807) is 11.0 Å². The minimum absolute atomic E-state index is 0.0300. The van der Waals surface area contributed by atoms with Gasteiger partial charge in [-0.05, 0) is 25.7 Å². The molecule has 1 aliphatic rings. The van der Waals surface area contributed by atoms with E-state index in [1.807, 2.05) is 20.8 Å². The van der Waals surface area contributed by atoms with Crippen LogP contribution in [0.3, 0.4) is 0 Å². The predicted octanol–water partition coefficient (Wildman–Crippen LogP) is 1.45. The molecule has 4 atom stereocenters. The Morgan fingerprint density at radius 1 is 1.62 bits per heavy atom. The zero-order chi connectivity index (χ0) is 17.9. The van der Waals surface area contributed by atoms with E-state index in [0.717, 1.165) is 18.5 Å². The lowest BCUT2D eigenvalue weighted by atomic mass is 9.91. The molecule has 24 heavy (non-hydrogen) atoms. The number of likely N-dealkylation sites (tertiary alicyclic amines) is 1. The summed E-state index contributed by atoms with van der Waals surface area (Å²) in [5.74, 6) is 0.200. The van der Waals surface area contributed by atoms with E-state index in [2.05, 4.69) is 9.88 Å². The Bertz CT molecular complexity index is 595. The highest BCUT2D eigenvalue weighted by atomic mass is 35.5. The van der Waals surface area contributed by atoms with E-state index < -0.39 is 23.1 Å². The van der Waals surface area contributed by atoms with Gasteiger partial charge >= 0.3 is 0 Å². The third kappa shape index (κ3) is 4.36. The molecule has 1 fully saturated rings. The van der Waals surface area contributed by atoms with E-state index >= 15 is 0 Å². The third-order valence-electron chi connectivity index (χ3n) is 4.25.